The monoisotopic (exact) mass is 867 g/mol. The van der Waals surface area contributed by atoms with E-state index < -0.39 is 7.26 Å². The van der Waals surface area contributed by atoms with Gasteiger partial charge in [0.15, 0.2) is 0 Å². The number of benzene rings is 7. The summed E-state index contributed by atoms with van der Waals surface area (Å²) in [5.41, 5.74) is 9.31. The van der Waals surface area contributed by atoms with Crippen molar-refractivity contribution < 1.29 is 20.4 Å². The molecular formula is C59H64O4P+. The Bertz CT molecular complexity index is 2610. The van der Waals surface area contributed by atoms with Crippen LogP contribution in [0.3, 0.4) is 0 Å². The fourth-order valence-corrected chi connectivity index (χ4v) is 13.7. The zero-order valence-corrected chi connectivity index (χ0v) is 39.9. The van der Waals surface area contributed by atoms with Crippen molar-refractivity contribution in [2.24, 2.45) is 0 Å². The lowest BCUT2D eigenvalue weighted by Gasteiger charge is -2.28. The van der Waals surface area contributed by atoms with E-state index in [1.54, 1.807) is 0 Å². The molecule has 4 nitrogen and oxygen atoms in total. The third kappa shape index (κ3) is 8.83. The maximum absolute atomic E-state index is 12.6. The van der Waals surface area contributed by atoms with Crippen LogP contribution in [0.2, 0.25) is 0 Å². The summed E-state index contributed by atoms with van der Waals surface area (Å²) in [6.45, 7) is 19.6. The van der Waals surface area contributed by atoms with E-state index in [1.165, 1.54) is 15.9 Å². The smallest absolute Gasteiger partial charge is 0.122 e. The summed E-state index contributed by atoms with van der Waals surface area (Å²) < 4.78 is 0. The lowest BCUT2D eigenvalue weighted by molar-refractivity contribution is 0.449. The normalized spacial score (nSPS) is 13.5. The van der Waals surface area contributed by atoms with Gasteiger partial charge in [-0.25, -0.2) is 0 Å². The standard InChI is InChI=1S/C59H63O4P/c1-57(2,3)47-31-41-27-39-25-38(37-64(50-19-13-10-14-20-50,51-21-15-11-16-22-51)52-23-17-12-18-24-52)26-40(53(39)60)28-42-32-48(58(4,5)6)34-44(55(42)62)30-46-36-49(59(7,8)9)35-45(56(46)63)29-43(33-47)54(41)61/h10-26,31-36H,27-30,37H2,1-9H3,(H3-,60,61,62,63)/p+1. The minimum absolute atomic E-state index is 0.167. The van der Waals surface area contributed by atoms with Gasteiger partial charge in [-0.3, -0.25) is 0 Å². The molecule has 5 heteroatoms. The van der Waals surface area contributed by atoms with Crippen LogP contribution in [0.15, 0.2) is 140 Å². The summed E-state index contributed by atoms with van der Waals surface area (Å²) in [6, 6.07) is 49.3. The highest BCUT2D eigenvalue weighted by molar-refractivity contribution is 7.95. The molecule has 0 aliphatic heterocycles. The van der Waals surface area contributed by atoms with E-state index in [4.69, 9.17) is 0 Å². The number of fused-ring (bicyclic) bond motifs is 8. The van der Waals surface area contributed by atoms with Gasteiger partial charge >= 0.3 is 0 Å². The van der Waals surface area contributed by atoms with Crippen LogP contribution >= 0.6 is 7.26 Å². The van der Waals surface area contributed by atoms with Gasteiger partial charge in [-0.05, 0) is 132 Å². The van der Waals surface area contributed by atoms with Crippen LogP contribution in [-0.2, 0) is 48.1 Å². The van der Waals surface area contributed by atoms with E-state index in [2.05, 4.69) is 202 Å². The van der Waals surface area contributed by atoms with Gasteiger partial charge in [-0.15, -0.1) is 0 Å². The number of phenols is 4. The Hall–Kier alpha value is -5.83. The molecule has 4 N–H and O–H groups in total. The van der Waals surface area contributed by atoms with Crippen LogP contribution in [-0.4, -0.2) is 20.4 Å². The molecule has 0 unspecified atom stereocenters. The molecule has 328 valence electrons. The largest absolute Gasteiger partial charge is 0.507 e. The number of hydrogen-bond acceptors (Lipinski definition) is 4. The summed E-state index contributed by atoms with van der Waals surface area (Å²) in [4.78, 5) is 0. The Labute approximate surface area is 381 Å². The molecule has 0 radical (unpaired) electrons. The summed E-state index contributed by atoms with van der Waals surface area (Å²) >= 11 is 0. The molecule has 8 rings (SSSR count). The van der Waals surface area contributed by atoms with Gasteiger partial charge in [0.05, 0.1) is 6.16 Å². The van der Waals surface area contributed by atoms with E-state index in [9.17, 15) is 20.4 Å². The predicted molar refractivity (Wildman–Crippen MR) is 269 cm³/mol. The molecule has 0 aromatic heterocycles. The van der Waals surface area contributed by atoms with Crippen LogP contribution < -0.4 is 15.9 Å². The van der Waals surface area contributed by atoms with Crippen molar-refractivity contribution in [2.75, 3.05) is 0 Å². The average Bonchev–Trinajstić information content (AvgIpc) is 3.24. The van der Waals surface area contributed by atoms with Crippen LogP contribution in [0.4, 0.5) is 0 Å². The molecule has 0 fully saturated rings. The van der Waals surface area contributed by atoms with Crippen LogP contribution in [0, 0.1) is 0 Å². The fraction of sp³-hybridized carbons (Fsp3) is 0.288. The zero-order chi connectivity index (χ0) is 45.8. The molecule has 0 amide bonds. The number of rotatable bonds is 5. The second kappa shape index (κ2) is 16.9. The highest BCUT2D eigenvalue weighted by Gasteiger charge is 2.45. The third-order valence-electron chi connectivity index (χ3n) is 13.3. The number of hydrogen-bond donors (Lipinski definition) is 4. The predicted octanol–water partition coefficient (Wildman–Crippen LogP) is 12.6. The molecule has 0 spiro atoms. The summed E-state index contributed by atoms with van der Waals surface area (Å²) in [5, 5.41) is 53.3. The van der Waals surface area contributed by atoms with Gasteiger partial charge < -0.3 is 20.4 Å². The molecule has 8 bridgehead atoms. The van der Waals surface area contributed by atoms with Crippen LogP contribution in [0.25, 0.3) is 0 Å². The fourth-order valence-electron chi connectivity index (χ4n) is 9.44. The Morgan fingerprint density at radius 1 is 0.344 bits per heavy atom. The quantitative estimate of drug-likeness (QED) is 0.130. The highest BCUT2D eigenvalue weighted by Crippen LogP contribution is 2.58. The van der Waals surface area contributed by atoms with E-state index in [-0.39, 0.29) is 52.1 Å². The van der Waals surface area contributed by atoms with Crippen molar-refractivity contribution in [3.8, 4) is 23.0 Å². The molecule has 7 aromatic carbocycles. The van der Waals surface area contributed by atoms with Crippen molar-refractivity contribution in [1.29, 1.82) is 0 Å². The molecule has 0 saturated heterocycles. The zero-order valence-electron chi connectivity index (χ0n) is 39.1. The maximum atomic E-state index is 12.6. The Morgan fingerprint density at radius 3 is 0.781 bits per heavy atom. The van der Waals surface area contributed by atoms with Crippen molar-refractivity contribution in [3.05, 3.63) is 206 Å². The second-order valence-corrected chi connectivity index (χ2v) is 24.6. The Balaban J connectivity index is 1.42. The minimum atomic E-state index is -2.35. The van der Waals surface area contributed by atoms with Crippen molar-refractivity contribution in [2.45, 2.75) is 110 Å². The van der Waals surface area contributed by atoms with Crippen LogP contribution in [0.1, 0.15) is 129 Å². The van der Waals surface area contributed by atoms with Gasteiger partial charge in [0.25, 0.3) is 0 Å². The van der Waals surface area contributed by atoms with E-state index in [0.29, 0.717) is 30.1 Å². The summed E-state index contributed by atoms with van der Waals surface area (Å²) in [7, 11) is -2.35. The SMILES string of the molecule is CC(C)(C)c1cc2c(O)c(c1)Cc1cc(C(C)(C)C)cc(c1O)Cc1cc(C(C)(C)C)cc(c1O)Cc1cc(C[P+](c3ccccc3)(c3ccccc3)c3ccccc3)cc(c1O)C2. The maximum Gasteiger partial charge on any atom is 0.122 e. The van der Waals surface area contributed by atoms with E-state index >= 15 is 0 Å². The van der Waals surface area contributed by atoms with E-state index in [0.717, 1.165) is 55.6 Å². The van der Waals surface area contributed by atoms with Crippen molar-refractivity contribution in [3.63, 3.8) is 0 Å². The van der Waals surface area contributed by atoms with Gasteiger partial charge in [0.1, 0.15) is 46.2 Å². The highest BCUT2D eigenvalue weighted by atomic mass is 31.2. The number of phenolic OH excluding ortho intramolecular Hbond substituents is 4. The Kier molecular flexibility index (Phi) is 11.9. The molecule has 0 saturated carbocycles. The van der Waals surface area contributed by atoms with E-state index in [1.807, 2.05) is 0 Å². The first-order valence-corrected chi connectivity index (χ1v) is 24.6. The summed E-state index contributed by atoms with van der Waals surface area (Å²) in [6.07, 6.45) is 1.86. The molecule has 64 heavy (non-hydrogen) atoms. The van der Waals surface area contributed by atoms with Gasteiger partial charge in [0.2, 0.25) is 0 Å². The van der Waals surface area contributed by atoms with Gasteiger partial charge in [-0.2, -0.15) is 0 Å². The van der Waals surface area contributed by atoms with Crippen molar-refractivity contribution >= 4 is 23.2 Å². The molecule has 1 aliphatic carbocycles. The first kappa shape index (κ1) is 44.8. The first-order valence-electron chi connectivity index (χ1n) is 22.7. The summed E-state index contributed by atoms with van der Waals surface area (Å²) in [5.74, 6) is 0.691. The van der Waals surface area contributed by atoms with Gasteiger partial charge in [0, 0.05) is 25.7 Å². The lowest BCUT2D eigenvalue weighted by Crippen LogP contribution is -2.32. The number of aromatic hydroxyl groups is 4. The van der Waals surface area contributed by atoms with Gasteiger partial charge in [-0.1, -0.05) is 153 Å². The average molecular weight is 868 g/mol. The third-order valence-corrected chi connectivity index (χ3v) is 17.6. The molecular weight excluding hydrogens is 804 g/mol. The Morgan fingerprint density at radius 2 is 0.562 bits per heavy atom. The molecule has 0 atom stereocenters. The minimum Gasteiger partial charge on any atom is -0.507 e. The molecule has 7 aromatic rings. The topological polar surface area (TPSA) is 80.9 Å². The second-order valence-electron chi connectivity index (χ2n) is 21.1. The van der Waals surface area contributed by atoms with Crippen LogP contribution in [0.5, 0.6) is 23.0 Å². The molecule has 0 heterocycles. The molecule has 1 aliphatic rings. The van der Waals surface area contributed by atoms with Crippen molar-refractivity contribution in [1.82, 2.24) is 0 Å². The lowest BCUT2D eigenvalue weighted by atomic mass is 9.80. The first-order chi connectivity index (χ1) is 30.2.